The first-order valence-corrected chi connectivity index (χ1v) is 7.38. The summed E-state index contributed by atoms with van der Waals surface area (Å²) in [6, 6.07) is 20.1. The molecule has 3 aromatic carbocycles. The number of hydrogen-bond donors (Lipinski definition) is 1. The highest BCUT2D eigenvalue weighted by molar-refractivity contribution is 7.98. The van der Waals surface area contributed by atoms with Crippen molar-refractivity contribution in [1.82, 2.24) is 0 Å². The summed E-state index contributed by atoms with van der Waals surface area (Å²) in [4.78, 5) is 1.19. The molecule has 0 atom stereocenters. The van der Waals surface area contributed by atoms with Crippen molar-refractivity contribution < 1.29 is 5.11 Å². The van der Waals surface area contributed by atoms with Gasteiger partial charge in [0.1, 0.15) is 5.75 Å². The molecule has 0 spiro atoms. The van der Waals surface area contributed by atoms with Crippen LogP contribution in [0.4, 0.5) is 0 Å². The van der Waals surface area contributed by atoms with Crippen LogP contribution in [-0.4, -0.2) is 11.4 Å². The Labute approximate surface area is 116 Å². The van der Waals surface area contributed by atoms with Gasteiger partial charge in [-0.2, -0.15) is 0 Å². The minimum atomic E-state index is 0.361. The molecular weight excluding hydrogens is 252 g/mol. The van der Waals surface area contributed by atoms with Gasteiger partial charge in [-0.25, -0.2) is 0 Å². The molecule has 94 valence electrons. The minimum Gasteiger partial charge on any atom is -0.507 e. The van der Waals surface area contributed by atoms with Gasteiger partial charge in [0.2, 0.25) is 0 Å². The molecule has 0 amide bonds. The highest BCUT2D eigenvalue weighted by atomic mass is 32.2. The van der Waals surface area contributed by atoms with Crippen molar-refractivity contribution in [1.29, 1.82) is 0 Å². The molecule has 0 unspecified atom stereocenters. The predicted molar refractivity (Wildman–Crippen MR) is 82.8 cm³/mol. The van der Waals surface area contributed by atoms with Crippen LogP contribution in [0.15, 0.2) is 65.6 Å². The van der Waals surface area contributed by atoms with Crippen molar-refractivity contribution in [3.63, 3.8) is 0 Å². The maximum Gasteiger partial charge on any atom is 0.131 e. The zero-order valence-corrected chi connectivity index (χ0v) is 11.4. The number of phenols is 1. The van der Waals surface area contributed by atoms with Gasteiger partial charge in [0.25, 0.3) is 0 Å². The molecule has 0 fully saturated rings. The van der Waals surface area contributed by atoms with E-state index in [1.807, 2.05) is 48.5 Å². The van der Waals surface area contributed by atoms with Crippen LogP contribution in [0.3, 0.4) is 0 Å². The number of phenolic OH excluding ortho intramolecular Hbond substituents is 1. The van der Waals surface area contributed by atoms with Gasteiger partial charge in [-0.15, -0.1) is 11.8 Å². The average molecular weight is 266 g/mol. The smallest absolute Gasteiger partial charge is 0.131 e. The third-order valence-electron chi connectivity index (χ3n) is 3.28. The van der Waals surface area contributed by atoms with Gasteiger partial charge in [0.05, 0.1) is 0 Å². The Hall–Kier alpha value is -1.93. The normalized spacial score (nSPS) is 10.8. The summed E-state index contributed by atoms with van der Waals surface area (Å²) in [5, 5.41) is 12.5. The highest BCUT2D eigenvalue weighted by Crippen LogP contribution is 2.40. The third-order valence-corrected chi connectivity index (χ3v) is 4.06. The van der Waals surface area contributed by atoms with E-state index in [9.17, 15) is 5.11 Å². The quantitative estimate of drug-likeness (QED) is 0.663. The molecule has 0 aliphatic carbocycles. The number of benzene rings is 3. The Morgan fingerprint density at radius 3 is 2.16 bits per heavy atom. The summed E-state index contributed by atoms with van der Waals surface area (Å²) in [5.74, 6) is 0.361. The van der Waals surface area contributed by atoms with Gasteiger partial charge in [0, 0.05) is 15.8 Å². The fraction of sp³-hybridized carbons (Fsp3) is 0.0588. The van der Waals surface area contributed by atoms with E-state index in [-0.39, 0.29) is 0 Å². The van der Waals surface area contributed by atoms with Gasteiger partial charge in [-0.05, 0) is 23.3 Å². The number of hydrogen-bond acceptors (Lipinski definition) is 2. The Kier molecular flexibility index (Phi) is 3.18. The van der Waals surface area contributed by atoms with Crippen LogP contribution in [0.2, 0.25) is 0 Å². The van der Waals surface area contributed by atoms with Gasteiger partial charge in [0.15, 0.2) is 0 Å². The Balaban J connectivity index is 2.35. The second-order valence-corrected chi connectivity index (χ2v) is 5.23. The molecule has 0 heterocycles. The molecule has 0 aliphatic heterocycles. The van der Waals surface area contributed by atoms with Crippen molar-refractivity contribution >= 4 is 22.5 Å². The summed E-state index contributed by atoms with van der Waals surface area (Å²) in [7, 11) is 0. The lowest BCUT2D eigenvalue weighted by Gasteiger charge is -2.12. The first kappa shape index (κ1) is 12.1. The van der Waals surface area contributed by atoms with E-state index < -0.39 is 0 Å². The first-order valence-electron chi connectivity index (χ1n) is 6.15. The minimum absolute atomic E-state index is 0.361. The van der Waals surface area contributed by atoms with Crippen molar-refractivity contribution in [2.24, 2.45) is 0 Å². The summed E-state index contributed by atoms with van der Waals surface area (Å²) < 4.78 is 0. The molecule has 0 aliphatic rings. The summed E-state index contributed by atoms with van der Waals surface area (Å²) in [6.45, 7) is 0. The molecule has 0 bridgehead atoms. The fourth-order valence-electron chi connectivity index (χ4n) is 2.33. The first-order chi connectivity index (χ1) is 9.31. The standard InChI is InChI=1S/C17H14OS/c1-19-16-11-15(12-7-3-2-4-8-12)17(18)14-10-6-5-9-13(14)16/h2-11,18H,1H3. The SMILES string of the molecule is CSc1cc(-c2ccccc2)c(O)c2ccccc12. The van der Waals surface area contributed by atoms with E-state index in [4.69, 9.17) is 0 Å². The molecule has 0 saturated heterocycles. The van der Waals surface area contributed by atoms with E-state index in [0.717, 1.165) is 21.9 Å². The Morgan fingerprint density at radius 2 is 1.47 bits per heavy atom. The van der Waals surface area contributed by atoms with Crippen LogP contribution < -0.4 is 0 Å². The van der Waals surface area contributed by atoms with E-state index in [1.54, 1.807) is 11.8 Å². The van der Waals surface area contributed by atoms with Gasteiger partial charge >= 0.3 is 0 Å². The summed E-state index contributed by atoms with van der Waals surface area (Å²) in [6.07, 6.45) is 2.06. The van der Waals surface area contributed by atoms with Gasteiger partial charge in [-0.1, -0.05) is 54.6 Å². The molecule has 3 rings (SSSR count). The molecule has 2 heteroatoms. The van der Waals surface area contributed by atoms with Crippen LogP contribution in [-0.2, 0) is 0 Å². The van der Waals surface area contributed by atoms with Crippen LogP contribution >= 0.6 is 11.8 Å². The molecule has 3 aromatic rings. The predicted octanol–water partition coefficient (Wildman–Crippen LogP) is 4.93. The van der Waals surface area contributed by atoms with Gasteiger partial charge in [-0.3, -0.25) is 0 Å². The van der Waals surface area contributed by atoms with Crippen LogP contribution in [0, 0.1) is 0 Å². The molecular formula is C17H14OS. The van der Waals surface area contributed by atoms with E-state index in [0.29, 0.717) is 5.75 Å². The number of thioether (sulfide) groups is 1. The van der Waals surface area contributed by atoms with E-state index >= 15 is 0 Å². The zero-order chi connectivity index (χ0) is 13.2. The van der Waals surface area contributed by atoms with E-state index in [1.165, 1.54) is 4.90 Å². The molecule has 1 nitrogen and oxygen atoms in total. The number of rotatable bonds is 2. The van der Waals surface area contributed by atoms with Crippen LogP contribution in [0.25, 0.3) is 21.9 Å². The Bertz CT molecular complexity index is 720. The fourth-order valence-corrected chi connectivity index (χ4v) is 2.97. The second kappa shape index (κ2) is 4.98. The lowest BCUT2D eigenvalue weighted by molar-refractivity contribution is 0.483. The van der Waals surface area contributed by atoms with Gasteiger partial charge < -0.3 is 5.11 Å². The van der Waals surface area contributed by atoms with Crippen molar-refractivity contribution in [2.75, 3.05) is 6.26 Å². The van der Waals surface area contributed by atoms with E-state index in [2.05, 4.69) is 18.4 Å². The summed E-state index contributed by atoms with van der Waals surface area (Å²) >= 11 is 1.70. The maximum absolute atomic E-state index is 10.5. The van der Waals surface area contributed by atoms with Crippen LogP contribution in [0.1, 0.15) is 0 Å². The molecule has 1 N–H and O–H groups in total. The number of fused-ring (bicyclic) bond motifs is 1. The molecule has 0 saturated carbocycles. The van der Waals surface area contributed by atoms with Crippen LogP contribution in [0.5, 0.6) is 5.75 Å². The maximum atomic E-state index is 10.5. The second-order valence-electron chi connectivity index (χ2n) is 4.39. The lowest BCUT2D eigenvalue weighted by Crippen LogP contribution is -1.84. The lowest BCUT2D eigenvalue weighted by atomic mass is 9.99. The molecule has 0 radical (unpaired) electrons. The Morgan fingerprint density at radius 1 is 0.842 bits per heavy atom. The molecule has 19 heavy (non-hydrogen) atoms. The van der Waals surface area contributed by atoms with Crippen molar-refractivity contribution in [3.05, 3.63) is 60.7 Å². The highest BCUT2D eigenvalue weighted by Gasteiger charge is 2.11. The topological polar surface area (TPSA) is 20.2 Å². The van der Waals surface area contributed by atoms with Crippen molar-refractivity contribution in [2.45, 2.75) is 4.90 Å². The zero-order valence-electron chi connectivity index (χ0n) is 10.6. The van der Waals surface area contributed by atoms with Crippen molar-refractivity contribution in [3.8, 4) is 16.9 Å². The summed E-state index contributed by atoms with van der Waals surface area (Å²) in [5.41, 5.74) is 1.93. The monoisotopic (exact) mass is 266 g/mol. The molecule has 0 aromatic heterocycles. The largest absolute Gasteiger partial charge is 0.507 e. The number of aromatic hydroxyl groups is 1. The third kappa shape index (κ3) is 2.08. The average Bonchev–Trinajstić information content (AvgIpc) is 2.49.